The quantitative estimate of drug-likeness (QED) is 0.784. The van der Waals surface area contributed by atoms with Crippen molar-refractivity contribution in [2.75, 3.05) is 12.3 Å². The zero-order valence-corrected chi connectivity index (χ0v) is 11.0. The lowest BCUT2D eigenvalue weighted by Crippen LogP contribution is -2.43. The lowest BCUT2D eigenvalue weighted by Gasteiger charge is -2.23. The summed E-state index contributed by atoms with van der Waals surface area (Å²) in [5.41, 5.74) is 0. The molecule has 0 aliphatic carbocycles. The number of carboxylic acids is 1. The minimum absolute atomic E-state index is 0.0954. The molecule has 0 unspecified atom stereocenters. The van der Waals surface area contributed by atoms with Crippen molar-refractivity contribution in [2.45, 2.75) is 26.3 Å². The second-order valence-corrected chi connectivity index (χ2v) is 5.46. The van der Waals surface area contributed by atoms with E-state index in [4.69, 9.17) is 5.11 Å². The number of carbonyl (C=O) groups excluding carboxylic acids is 3. The molecule has 100 valence electrons. The Bertz CT molecular complexity index is 395. The monoisotopic (exact) mass is 273 g/mol. The van der Waals surface area contributed by atoms with Crippen molar-refractivity contribution in [3.63, 3.8) is 0 Å². The molecule has 0 aromatic heterocycles. The third-order valence-electron chi connectivity index (χ3n) is 2.67. The second kappa shape index (κ2) is 5.99. The molecule has 0 radical (unpaired) electrons. The normalized spacial score (nSPS) is 20.9. The fraction of sp³-hybridized carbons (Fsp3) is 0.636. The van der Waals surface area contributed by atoms with Crippen LogP contribution in [0.5, 0.6) is 0 Å². The number of rotatable bonds is 4. The van der Waals surface area contributed by atoms with Crippen LogP contribution in [0.15, 0.2) is 0 Å². The van der Waals surface area contributed by atoms with E-state index in [1.54, 1.807) is 6.92 Å². The molecule has 0 aromatic carbocycles. The predicted octanol–water partition coefficient (Wildman–Crippen LogP) is 0.157. The standard InChI is InChI=1S/C11H15NO5S/c1-6(5-18-7(2)13)10(15)12-4-8(14)3-9(12)11(16)17/h6,9H,3-5H2,1-2H3,(H,16,17)/t6-,9+/m1/s1. The lowest BCUT2D eigenvalue weighted by atomic mass is 10.1. The number of nitrogens with zero attached hydrogens (tertiary/aromatic N) is 1. The molecule has 1 aliphatic heterocycles. The van der Waals surface area contributed by atoms with E-state index in [9.17, 15) is 19.2 Å². The average molecular weight is 273 g/mol. The largest absolute Gasteiger partial charge is 0.480 e. The molecule has 0 bridgehead atoms. The Kier molecular flexibility index (Phi) is 4.89. The van der Waals surface area contributed by atoms with Crippen LogP contribution < -0.4 is 0 Å². The smallest absolute Gasteiger partial charge is 0.326 e. The zero-order chi connectivity index (χ0) is 13.9. The molecule has 7 heteroatoms. The van der Waals surface area contributed by atoms with Crippen molar-refractivity contribution in [1.29, 1.82) is 0 Å². The topological polar surface area (TPSA) is 91.8 Å². The van der Waals surface area contributed by atoms with Crippen molar-refractivity contribution in [3.05, 3.63) is 0 Å². The fourth-order valence-corrected chi connectivity index (χ4v) is 2.37. The molecule has 1 saturated heterocycles. The van der Waals surface area contributed by atoms with E-state index in [0.29, 0.717) is 5.75 Å². The molecule has 1 amide bonds. The van der Waals surface area contributed by atoms with Crippen LogP contribution in [0.4, 0.5) is 0 Å². The zero-order valence-electron chi connectivity index (χ0n) is 10.2. The van der Waals surface area contributed by atoms with Crippen LogP contribution in [0.25, 0.3) is 0 Å². The molecule has 1 N–H and O–H groups in total. The van der Waals surface area contributed by atoms with Gasteiger partial charge in [-0.25, -0.2) is 4.79 Å². The van der Waals surface area contributed by atoms with Gasteiger partial charge in [0.05, 0.1) is 6.54 Å². The number of hydrogen-bond donors (Lipinski definition) is 1. The first-order valence-electron chi connectivity index (χ1n) is 5.51. The Hall–Kier alpha value is -1.37. The molecular formula is C11H15NO5S. The first kappa shape index (κ1) is 14.7. The first-order valence-corrected chi connectivity index (χ1v) is 6.49. The SMILES string of the molecule is CC(=O)SC[C@@H](C)C(=O)N1CC(=O)C[C@H]1C(=O)O. The van der Waals surface area contributed by atoms with Crippen LogP contribution in [0, 0.1) is 5.92 Å². The molecule has 0 aromatic rings. The summed E-state index contributed by atoms with van der Waals surface area (Å²) in [5, 5.41) is 8.85. The van der Waals surface area contributed by atoms with Gasteiger partial charge in [0.15, 0.2) is 10.9 Å². The van der Waals surface area contributed by atoms with Crippen LogP contribution >= 0.6 is 11.8 Å². The van der Waals surface area contributed by atoms with E-state index in [2.05, 4.69) is 0 Å². The fourth-order valence-electron chi connectivity index (χ4n) is 1.74. The summed E-state index contributed by atoms with van der Waals surface area (Å²) in [4.78, 5) is 46.1. The maximum Gasteiger partial charge on any atom is 0.326 e. The number of Topliss-reactive ketones (excluding diaryl/α,β-unsaturated/α-hetero) is 1. The lowest BCUT2D eigenvalue weighted by molar-refractivity contribution is -0.149. The van der Waals surface area contributed by atoms with E-state index in [1.165, 1.54) is 6.92 Å². The van der Waals surface area contributed by atoms with Gasteiger partial charge in [-0.15, -0.1) is 0 Å². The highest BCUT2D eigenvalue weighted by molar-refractivity contribution is 8.13. The van der Waals surface area contributed by atoms with Gasteiger partial charge in [-0.05, 0) is 0 Å². The van der Waals surface area contributed by atoms with E-state index in [1.807, 2.05) is 0 Å². The highest BCUT2D eigenvalue weighted by Crippen LogP contribution is 2.20. The maximum absolute atomic E-state index is 12.0. The third-order valence-corrected chi connectivity index (χ3v) is 3.74. The van der Waals surface area contributed by atoms with Crippen molar-refractivity contribution < 1.29 is 24.3 Å². The molecule has 2 atom stereocenters. The molecule has 0 saturated carbocycles. The Balaban J connectivity index is 2.67. The number of carbonyl (C=O) groups is 4. The number of amides is 1. The predicted molar refractivity (Wildman–Crippen MR) is 65.1 cm³/mol. The summed E-state index contributed by atoms with van der Waals surface area (Å²) < 4.78 is 0. The van der Waals surface area contributed by atoms with E-state index < -0.39 is 17.9 Å². The van der Waals surface area contributed by atoms with Gasteiger partial charge in [-0.1, -0.05) is 18.7 Å². The van der Waals surface area contributed by atoms with Crippen molar-refractivity contribution in [1.82, 2.24) is 4.90 Å². The van der Waals surface area contributed by atoms with E-state index in [0.717, 1.165) is 16.7 Å². The Morgan fingerprint density at radius 1 is 1.50 bits per heavy atom. The molecule has 1 rings (SSSR count). The number of thioether (sulfide) groups is 1. The second-order valence-electron chi connectivity index (χ2n) is 4.27. The molecule has 6 nitrogen and oxygen atoms in total. The number of ketones is 1. The summed E-state index contributed by atoms with van der Waals surface area (Å²) >= 11 is 1.02. The molecule has 1 fully saturated rings. The highest BCUT2D eigenvalue weighted by Gasteiger charge is 2.40. The molecular weight excluding hydrogens is 258 g/mol. The van der Waals surface area contributed by atoms with Crippen molar-refractivity contribution in [2.24, 2.45) is 5.92 Å². The van der Waals surface area contributed by atoms with Gasteiger partial charge in [-0.2, -0.15) is 0 Å². The summed E-state index contributed by atoms with van der Waals surface area (Å²) in [6.07, 6.45) is -0.131. The number of likely N-dealkylation sites (tertiary alicyclic amines) is 1. The van der Waals surface area contributed by atoms with E-state index in [-0.39, 0.29) is 29.8 Å². The maximum atomic E-state index is 12.0. The van der Waals surface area contributed by atoms with Gasteiger partial charge in [0.25, 0.3) is 0 Å². The first-order chi connectivity index (χ1) is 8.32. The highest BCUT2D eigenvalue weighted by atomic mass is 32.2. The summed E-state index contributed by atoms with van der Waals surface area (Å²) in [7, 11) is 0. The van der Waals surface area contributed by atoms with Gasteiger partial charge < -0.3 is 10.0 Å². The Labute approximate surface area is 109 Å². The average Bonchev–Trinajstić information content (AvgIpc) is 2.67. The van der Waals surface area contributed by atoms with Crippen LogP contribution in [-0.2, 0) is 19.2 Å². The van der Waals surface area contributed by atoms with Crippen LogP contribution in [0.1, 0.15) is 20.3 Å². The molecule has 1 aliphatic rings. The minimum atomic E-state index is -1.17. The Morgan fingerprint density at radius 3 is 2.61 bits per heavy atom. The van der Waals surface area contributed by atoms with E-state index >= 15 is 0 Å². The van der Waals surface area contributed by atoms with Crippen molar-refractivity contribution in [3.8, 4) is 0 Å². The van der Waals surface area contributed by atoms with Gasteiger partial charge in [-0.3, -0.25) is 14.4 Å². The summed E-state index contributed by atoms with van der Waals surface area (Å²) in [5.74, 6) is -1.98. The van der Waals surface area contributed by atoms with Gasteiger partial charge in [0.1, 0.15) is 6.04 Å². The minimum Gasteiger partial charge on any atom is -0.480 e. The van der Waals surface area contributed by atoms with Gasteiger partial charge in [0.2, 0.25) is 5.91 Å². The number of aliphatic carboxylic acids is 1. The number of carboxylic acid groups (broad SMARTS) is 1. The van der Waals surface area contributed by atoms with Crippen LogP contribution in [0.2, 0.25) is 0 Å². The number of hydrogen-bond acceptors (Lipinski definition) is 5. The van der Waals surface area contributed by atoms with Gasteiger partial charge in [0, 0.05) is 25.0 Å². The van der Waals surface area contributed by atoms with Crippen molar-refractivity contribution >= 4 is 34.5 Å². The summed E-state index contributed by atoms with van der Waals surface area (Å²) in [6.45, 7) is 2.88. The molecule has 18 heavy (non-hydrogen) atoms. The third kappa shape index (κ3) is 3.56. The Morgan fingerprint density at radius 2 is 2.11 bits per heavy atom. The van der Waals surface area contributed by atoms with Crippen LogP contribution in [0.3, 0.4) is 0 Å². The summed E-state index contributed by atoms with van der Waals surface area (Å²) in [6, 6.07) is -1.06. The van der Waals surface area contributed by atoms with Crippen LogP contribution in [-0.4, -0.2) is 51.1 Å². The molecule has 0 spiro atoms. The van der Waals surface area contributed by atoms with Gasteiger partial charge >= 0.3 is 5.97 Å². The molecule has 1 heterocycles.